The Morgan fingerprint density at radius 3 is 2.66 bits per heavy atom. The fourth-order valence-electron chi connectivity index (χ4n) is 4.02. The molecular formula is C27H31ClN8O2. The third kappa shape index (κ3) is 5.71. The van der Waals surface area contributed by atoms with Gasteiger partial charge in [0, 0.05) is 49.8 Å². The van der Waals surface area contributed by atoms with Crippen molar-refractivity contribution in [1.82, 2.24) is 24.4 Å². The minimum atomic E-state index is -0.355. The number of methoxy groups -OCH3 is 1. The van der Waals surface area contributed by atoms with Crippen molar-refractivity contribution in [2.24, 2.45) is 7.05 Å². The van der Waals surface area contributed by atoms with Crippen molar-refractivity contribution in [3.05, 3.63) is 60.4 Å². The molecule has 0 saturated carbocycles. The van der Waals surface area contributed by atoms with E-state index in [0.29, 0.717) is 46.3 Å². The van der Waals surface area contributed by atoms with E-state index in [2.05, 4.69) is 32.1 Å². The van der Waals surface area contributed by atoms with Crippen molar-refractivity contribution >= 4 is 51.6 Å². The van der Waals surface area contributed by atoms with Crippen LogP contribution in [0.4, 0.5) is 23.1 Å². The van der Waals surface area contributed by atoms with E-state index in [1.807, 2.05) is 68.1 Å². The molecule has 4 aromatic rings. The number of halogens is 1. The lowest BCUT2D eigenvalue weighted by Crippen LogP contribution is -2.30. The Morgan fingerprint density at radius 1 is 1.18 bits per heavy atom. The number of carbonyl (C=O) groups excluding carboxylic acids is 1. The number of ether oxygens (including phenoxy) is 1. The topological polar surface area (TPSA) is 100 Å². The zero-order chi connectivity index (χ0) is 27.4. The van der Waals surface area contributed by atoms with Gasteiger partial charge in [-0.3, -0.25) is 4.79 Å². The molecule has 4 rings (SSSR count). The van der Waals surface area contributed by atoms with Crippen LogP contribution in [-0.4, -0.2) is 71.7 Å². The molecule has 0 aliphatic heterocycles. The normalized spacial score (nSPS) is 11.0. The summed E-state index contributed by atoms with van der Waals surface area (Å²) in [6.45, 7) is 5.04. The number of nitrogens with one attached hydrogen (secondary N) is 2. The van der Waals surface area contributed by atoms with E-state index in [-0.39, 0.29) is 5.91 Å². The van der Waals surface area contributed by atoms with E-state index in [1.54, 1.807) is 12.3 Å². The van der Waals surface area contributed by atoms with Crippen LogP contribution in [0.1, 0.15) is 0 Å². The number of nitrogens with zero attached hydrogens (tertiary/aromatic N) is 6. The Bertz CT molecular complexity index is 1480. The van der Waals surface area contributed by atoms with Crippen LogP contribution in [0.25, 0.3) is 22.2 Å². The highest BCUT2D eigenvalue weighted by molar-refractivity contribution is 6.33. The lowest BCUT2D eigenvalue weighted by molar-refractivity contribution is -0.111. The summed E-state index contributed by atoms with van der Waals surface area (Å²) < 4.78 is 7.62. The first-order valence-corrected chi connectivity index (χ1v) is 12.3. The monoisotopic (exact) mass is 534 g/mol. The molecule has 3 aromatic heterocycles. The van der Waals surface area contributed by atoms with Gasteiger partial charge in [-0.15, -0.1) is 0 Å². The van der Waals surface area contributed by atoms with Gasteiger partial charge in [0.1, 0.15) is 5.69 Å². The SMILES string of the molecule is C=CC(=O)Nc1cc(Nc2ncc(Cl)c(-c3cn(C)c4ccccc34)n2)c(OC)nc1N(C)CCN(C)C. The van der Waals surface area contributed by atoms with Gasteiger partial charge >= 0.3 is 0 Å². The molecule has 0 atom stereocenters. The highest BCUT2D eigenvalue weighted by atomic mass is 35.5. The number of likely N-dealkylation sites (N-methyl/N-ethyl adjacent to an activating group) is 2. The standard InChI is InChI=1S/C27H31ClN8O2/c1-7-23(37)30-20-14-21(26(38-6)33-25(20)35(4)13-12-34(2)3)31-27-29-15-19(28)24(32-27)18-16-36(5)22-11-9-8-10-17(18)22/h7-11,14-16H,1,12-13H2,2-6H3,(H,30,37)(H,29,31,32). The highest BCUT2D eigenvalue weighted by Gasteiger charge is 2.19. The summed E-state index contributed by atoms with van der Waals surface area (Å²) in [5.74, 6) is 0.815. The second-order valence-corrected chi connectivity index (χ2v) is 9.43. The molecule has 0 aliphatic carbocycles. The third-order valence-electron chi connectivity index (χ3n) is 5.99. The first-order valence-electron chi connectivity index (χ1n) is 11.9. The number of hydrogen-bond acceptors (Lipinski definition) is 8. The molecule has 10 nitrogen and oxygen atoms in total. The minimum absolute atomic E-state index is 0.298. The largest absolute Gasteiger partial charge is 0.479 e. The van der Waals surface area contributed by atoms with Gasteiger partial charge in [-0.25, -0.2) is 9.97 Å². The summed E-state index contributed by atoms with van der Waals surface area (Å²) in [6.07, 6.45) is 4.75. The average molecular weight is 535 g/mol. The van der Waals surface area contributed by atoms with Crippen LogP contribution in [-0.2, 0) is 11.8 Å². The minimum Gasteiger partial charge on any atom is -0.479 e. The molecule has 38 heavy (non-hydrogen) atoms. The molecule has 2 N–H and O–H groups in total. The molecule has 0 unspecified atom stereocenters. The number of fused-ring (bicyclic) bond motifs is 1. The summed E-state index contributed by atoms with van der Waals surface area (Å²) in [5.41, 5.74) is 3.51. The van der Waals surface area contributed by atoms with Crippen molar-refractivity contribution in [2.75, 3.05) is 56.9 Å². The van der Waals surface area contributed by atoms with Crippen molar-refractivity contribution in [1.29, 1.82) is 0 Å². The molecule has 1 amide bonds. The fraction of sp³-hybridized carbons (Fsp3) is 0.259. The smallest absolute Gasteiger partial charge is 0.247 e. The number of aryl methyl sites for hydroxylation is 1. The quantitative estimate of drug-likeness (QED) is 0.286. The number of rotatable bonds is 10. The van der Waals surface area contributed by atoms with E-state index < -0.39 is 0 Å². The van der Waals surface area contributed by atoms with Gasteiger partial charge in [-0.05, 0) is 32.3 Å². The molecule has 11 heteroatoms. The average Bonchev–Trinajstić information content (AvgIpc) is 3.24. The number of para-hydroxylation sites is 1. The van der Waals surface area contributed by atoms with Crippen LogP contribution in [0.15, 0.2) is 55.4 Å². The molecule has 0 spiro atoms. The molecule has 0 fully saturated rings. The number of anilines is 4. The lowest BCUT2D eigenvalue weighted by atomic mass is 10.1. The van der Waals surface area contributed by atoms with E-state index in [1.165, 1.54) is 13.2 Å². The Balaban J connectivity index is 1.74. The summed E-state index contributed by atoms with van der Waals surface area (Å²) in [6, 6.07) is 9.78. The van der Waals surface area contributed by atoms with E-state index in [4.69, 9.17) is 21.3 Å². The van der Waals surface area contributed by atoms with Gasteiger partial charge in [-0.2, -0.15) is 4.98 Å². The predicted octanol–water partition coefficient (Wildman–Crippen LogP) is 4.56. The maximum Gasteiger partial charge on any atom is 0.247 e. The Kier molecular flexibility index (Phi) is 8.13. The summed E-state index contributed by atoms with van der Waals surface area (Å²) in [5, 5.41) is 7.48. The van der Waals surface area contributed by atoms with Gasteiger partial charge in [-0.1, -0.05) is 36.4 Å². The second kappa shape index (κ2) is 11.5. The third-order valence-corrected chi connectivity index (χ3v) is 6.27. The summed E-state index contributed by atoms with van der Waals surface area (Å²) in [7, 11) is 9.40. The van der Waals surface area contributed by atoms with Crippen molar-refractivity contribution in [3.63, 3.8) is 0 Å². The molecule has 3 heterocycles. The van der Waals surface area contributed by atoms with Gasteiger partial charge in [0.15, 0.2) is 5.82 Å². The number of benzene rings is 1. The van der Waals surface area contributed by atoms with Crippen molar-refractivity contribution in [3.8, 4) is 17.1 Å². The van der Waals surface area contributed by atoms with Gasteiger partial charge in [0.2, 0.25) is 17.7 Å². The predicted molar refractivity (Wildman–Crippen MR) is 154 cm³/mol. The maximum atomic E-state index is 12.2. The van der Waals surface area contributed by atoms with Crippen LogP contribution < -0.4 is 20.3 Å². The van der Waals surface area contributed by atoms with Gasteiger partial charge < -0.3 is 29.7 Å². The number of pyridine rings is 1. The molecular weight excluding hydrogens is 504 g/mol. The van der Waals surface area contributed by atoms with E-state index in [0.717, 1.165) is 23.0 Å². The fourth-order valence-corrected chi connectivity index (χ4v) is 4.21. The number of amides is 1. The van der Waals surface area contributed by atoms with Crippen LogP contribution in [0, 0.1) is 0 Å². The maximum absolute atomic E-state index is 12.2. The molecule has 0 saturated heterocycles. The zero-order valence-electron chi connectivity index (χ0n) is 22.1. The number of carbonyl (C=O) groups is 1. The summed E-state index contributed by atoms with van der Waals surface area (Å²) >= 11 is 6.54. The molecule has 198 valence electrons. The highest BCUT2D eigenvalue weighted by Crippen LogP contribution is 2.36. The Hall–Kier alpha value is -4.15. The molecule has 0 aliphatic rings. The summed E-state index contributed by atoms with van der Waals surface area (Å²) in [4.78, 5) is 30.0. The molecule has 0 radical (unpaired) electrons. The van der Waals surface area contributed by atoms with Crippen LogP contribution in [0.2, 0.25) is 5.02 Å². The van der Waals surface area contributed by atoms with Gasteiger partial charge in [0.25, 0.3) is 0 Å². The first kappa shape index (κ1) is 26.9. The van der Waals surface area contributed by atoms with E-state index >= 15 is 0 Å². The zero-order valence-corrected chi connectivity index (χ0v) is 22.9. The van der Waals surface area contributed by atoms with Gasteiger partial charge in [0.05, 0.1) is 29.7 Å². The van der Waals surface area contributed by atoms with Crippen molar-refractivity contribution in [2.45, 2.75) is 0 Å². The second-order valence-electron chi connectivity index (χ2n) is 9.02. The first-order chi connectivity index (χ1) is 18.2. The Labute approximate surface area is 226 Å². The van der Waals surface area contributed by atoms with Crippen LogP contribution in [0.5, 0.6) is 5.88 Å². The lowest BCUT2D eigenvalue weighted by Gasteiger charge is -2.24. The van der Waals surface area contributed by atoms with Crippen LogP contribution in [0.3, 0.4) is 0 Å². The van der Waals surface area contributed by atoms with Crippen LogP contribution >= 0.6 is 11.6 Å². The van der Waals surface area contributed by atoms with E-state index in [9.17, 15) is 4.79 Å². The molecule has 1 aromatic carbocycles. The Morgan fingerprint density at radius 2 is 1.95 bits per heavy atom. The number of aromatic nitrogens is 4. The van der Waals surface area contributed by atoms with Crippen molar-refractivity contribution < 1.29 is 9.53 Å². The molecule has 0 bridgehead atoms. The number of hydrogen-bond donors (Lipinski definition) is 2.